The molecule has 0 heterocycles. The van der Waals surface area contributed by atoms with Crippen LogP contribution in [0.2, 0.25) is 0 Å². The Morgan fingerprint density at radius 1 is 1.38 bits per heavy atom. The Morgan fingerprint density at radius 3 is 1.38 bits per heavy atom. The molecule has 0 amide bonds. The molecule has 0 aromatic rings. The van der Waals surface area contributed by atoms with Crippen molar-refractivity contribution in [3.63, 3.8) is 0 Å². The first-order chi connectivity index (χ1) is 2.73. The third-order valence-corrected chi connectivity index (χ3v) is 0. The zero-order valence-electron chi connectivity index (χ0n) is 7.21. The van der Waals surface area contributed by atoms with E-state index >= 15 is 0 Å². The Kier molecular flexibility index (Phi) is 174. The van der Waals surface area contributed by atoms with E-state index in [1.54, 1.807) is 20.8 Å². The van der Waals surface area contributed by atoms with Gasteiger partial charge in [-0.05, 0) is 0 Å². The summed E-state index contributed by atoms with van der Waals surface area (Å²) in [7, 11) is 0. The molecule has 0 atom stereocenters. The quantitative estimate of drug-likeness (QED) is 0.397. The summed E-state index contributed by atoms with van der Waals surface area (Å²) in [6.45, 7) is 8.50. The summed E-state index contributed by atoms with van der Waals surface area (Å²) in [6, 6.07) is 0. The van der Waals surface area contributed by atoms with E-state index < -0.39 is 0 Å². The molecule has 8 heavy (non-hydrogen) atoms. The van der Waals surface area contributed by atoms with Crippen LogP contribution in [0.15, 0.2) is 0 Å². The van der Waals surface area contributed by atoms with Crippen molar-refractivity contribution in [3.05, 3.63) is 20.7 Å². The van der Waals surface area contributed by atoms with Crippen molar-refractivity contribution in [1.29, 1.82) is 0 Å². The smallest absolute Gasteiger partial charge is 0.358 e. The van der Waals surface area contributed by atoms with E-state index in [0.29, 0.717) is 6.40 Å². The van der Waals surface area contributed by atoms with Crippen LogP contribution in [0.4, 0.5) is 0 Å². The average molecular weight is 565 g/mol. The fourth-order valence-electron chi connectivity index (χ4n) is 0. The molecule has 0 nitrogen and oxygen atoms in total. The molecule has 0 fully saturated rings. The van der Waals surface area contributed by atoms with Gasteiger partial charge >= 0.3 is 31.1 Å². The molecule has 0 saturated carbocycles. The molecule has 0 saturated heterocycles. The van der Waals surface area contributed by atoms with E-state index in [9.17, 15) is 0 Å². The van der Waals surface area contributed by atoms with Crippen LogP contribution in [-0.2, 0) is 0 Å². The van der Waals surface area contributed by atoms with Crippen LogP contribution in [0, 0.1) is 83.0 Å². The van der Waals surface area contributed by atoms with Gasteiger partial charge in [0.2, 0.25) is 0 Å². The third-order valence-electron chi connectivity index (χ3n) is 0. The minimum absolute atomic E-state index is 0. The molecule has 0 spiro atoms. The molecule has 0 bridgehead atoms. The Morgan fingerprint density at radius 2 is 1.38 bits per heavy atom. The minimum Gasteiger partial charge on any atom is -0.358 e. The van der Waals surface area contributed by atoms with Crippen molar-refractivity contribution in [3.8, 4) is 0 Å². The Balaban J connectivity index is -0.00000000990. The van der Waals surface area contributed by atoms with Gasteiger partial charge in [-0.25, -0.2) is 1.37 Å². The van der Waals surface area contributed by atoms with E-state index in [4.69, 9.17) is 1.37 Å². The van der Waals surface area contributed by atoms with Crippen LogP contribution in [-0.4, -0.2) is 0 Å². The third kappa shape index (κ3) is 92.4. The maximum atomic E-state index is 6.50. The van der Waals surface area contributed by atoms with E-state index in [0.717, 1.165) is 0 Å². The van der Waals surface area contributed by atoms with Crippen molar-refractivity contribution in [1.82, 2.24) is 0 Å². The molecular formula is C6H15U2-. The predicted octanol–water partition coefficient (Wildman–Crippen LogP) is 2.52. The zero-order chi connectivity index (χ0) is 5.58. The predicted molar refractivity (Wildman–Crippen MR) is 33.1 cm³/mol. The van der Waals surface area contributed by atoms with Gasteiger partial charge in [0, 0.05) is 31.1 Å². The second kappa shape index (κ2) is 62.1. The first-order valence-electron chi connectivity index (χ1n) is 2.21. The monoisotopic (exact) mass is 565 g/mol. The molecule has 0 aliphatic rings. The fourth-order valence-corrected chi connectivity index (χ4v) is 0. The maximum Gasteiger partial charge on any atom is 2.00 e. The van der Waals surface area contributed by atoms with Gasteiger partial charge in [-0.2, -0.15) is 20.8 Å². The second-order valence-electron chi connectivity index (χ2n) is 0.500. The van der Waals surface area contributed by atoms with Gasteiger partial charge in [0.15, 0.2) is 0 Å². The maximum absolute atomic E-state index is 6.50. The van der Waals surface area contributed by atoms with Crippen molar-refractivity contribution in [2.45, 2.75) is 20.8 Å². The molecule has 0 rings (SSSR count). The summed E-state index contributed by atoms with van der Waals surface area (Å²) in [5.41, 5.74) is 0. The van der Waals surface area contributed by atoms with E-state index in [2.05, 4.69) is 6.92 Å². The molecule has 2 heteroatoms. The van der Waals surface area contributed by atoms with Crippen molar-refractivity contribution in [2.24, 2.45) is 0 Å². The molecule has 0 unspecified atom stereocenters. The normalized spacial score (nSPS) is 5.38. The SMILES string of the molecule is [3H][C-](C)C.[CH2-]C.[CH3-].[U+2].[U]. The van der Waals surface area contributed by atoms with Crippen LogP contribution >= 0.6 is 0 Å². The molecule has 48 valence electrons. The Bertz CT molecular complexity index is 15.8. The minimum atomic E-state index is 0. The van der Waals surface area contributed by atoms with Crippen LogP contribution in [0.25, 0.3) is 0 Å². The summed E-state index contributed by atoms with van der Waals surface area (Å²) in [6.07, 6.45) is 0.667. The summed E-state index contributed by atoms with van der Waals surface area (Å²) in [5.74, 6) is 0. The Hall–Kier alpha value is 2.10. The molecular weight excluding hydrogens is 548 g/mol. The van der Waals surface area contributed by atoms with Gasteiger partial charge in [0.05, 0.1) is 0 Å². The molecule has 0 aromatic heterocycles. The summed E-state index contributed by atoms with van der Waals surface area (Å²) in [4.78, 5) is 0. The molecule has 0 aliphatic carbocycles. The van der Waals surface area contributed by atoms with Gasteiger partial charge in [-0.1, -0.05) is 0 Å². The number of hydrogen-bond donors (Lipinski definition) is 0. The number of hydrogen-bond acceptors (Lipinski definition) is 0. The molecule has 0 aliphatic heterocycles. The van der Waals surface area contributed by atoms with Crippen LogP contribution in [0.3, 0.4) is 0 Å². The van der Waals surface area contributed by atoms with E-state index in [-0.39, 0.29) is 69.7 Å². The number of rotatable bonds is 0. The van der Waals surface area contributed by atoms with Crippen LogP contribution < -0.4 is 0 Å². The van der Waals surface area contributed by atoms with Gasteiger partial charge < -0.3 is 20.7 Å². The summed E-state index contributed by atoms with van der Waals surface area (Å²) < 4.78 is 6.50. The van der Waals surface area contributed by atoms with Gasteiger partial charge in [-0.15, -0.1) is 0 Å². The van der Waals surface area contributed by atoms with E-state index in [1.807, 2.05) is 0 Å². The van der Waals surface area contributed by atoms with Crippen molar-refractivity contribution >= 4 is 0 Å². The molecule has 0 N–H and O–H groups in total. The summed E-state index contributed by atoms with van der Waals surface area (Å²) in [5, 5.41) is 0. The fraction of sp³-hybridized carbons (Fsp3) is 0.500. The van der Waals surface area contributed by atoms with Crippen molar-refractivity contribution in [2.75, 3.05) is 0 Å². The first-order valence-corrected chi connectivity index (χ1v) is 1.71. The van der Waals surface area contributed by atoms with Crippen molar-refractivity contribution < 1.29 is 63.6 Å². The largest absolute Gasteiger partial charge is 2.00 e. The standard InChI is InChI=1S/C3H7.C2H5.CH3.2U/c1-3-2;1-2;;;/h3H,1-2H3;1H2,2H3;1H3;;/q3*-1;;+2/i3T;;;;. The average Bonchev–Trinajstić information content (AvgIpc) is 1.41. The van der Waals surface area contributed by atoms with E-state index in [1.165, 1.54) is 0 Å². The Labute approximate surface area is 104 Å². The zero-order valence-corrected chi connectivity index (χ0v) is 14.5. The van der Waals surface area contributed by atoms with Gasteiger partial charge in [-0.3, -0.25) is 0 Å². The van der Waals surface area contributed by atoms with Crippen LogP contribution in [0.1, 0.15) is 22.1 Å². The first kappa shape index (κ1) is 22.5. The van der Waals surface area contributed by atoms with Crippen LogP contribution in [0.5, 0.6) is 0 Å². The summed E-state index contributed by atoms with van der Waals surface area (Å²) >= 11 is 0. The topological polar surface area (TPSA) is 0 Å². The van der Waals surface area contributed by atoms with Gasteiger partial charge in [0.25, 0.3) is 0 Å². The molecule has 0 radical (unpaired) electrons. The second-order valence-corrected chi connectivity index (χ2v) is 0.500. The molecule has 0 aromatic carbocycles. The van der Waals surface area contributed by atoms with Gasteiger partial charge in [0.1, 0.15) is 0 Å².